The van der Waals surface area contributed by atoms with E-state index in [-0.39, 0.29) is 12.4 Å². The molecule has 0 aliphatic carbocycles. The van der Waals surface area contributed by atoms with Crippen molar-refractivity contribution < 1.29 is 0 Å². The van der Waals surface area contributed by atoms with Gasteiger partial charge in [0.15, 0.2) is 0 Å². The zero-order chi connectivity index (χ0) is 8.55. The van der Waals surface area contributed by atoms with Crippen LogP contribution in [0.3, 0.4) is 0 Å². The van der Waals surface area contributed by atoms with Gasteiger partial charge in [-0.15, -0.1) is 12.4 Å². The van der Waals surface area contributed by atoms with Gasteiger partial charge in [-0.3, -0.25) is 0 Å². The lowest BCUT2D eigenvalue weighted by molar-refractivity contribution is 0.643. The van der Waals surface area contributed by atoms with E-state index in [9.17, 15) is 0 Å². The third kappa shape index (κ3) is 2.46. The molecule has 1 aliphatic heterocycles. The van der Waals surface area contributed by atoms with Gasteiger partial charge in [0.25, 0.3) is 0 Å². The van der Waals surface area contributed by atoms with Gasteiger partial charge in [0.2, 0.25) is 0 Å². The standard InChI is InChI=1S/C9H9Br2N.ClH/c10-8-3-6-1-2-12-5-7(6)4-9(8)11;/h3-4,12H,1-2,5H2;1H. The zero-order valence-electron chi connectivity index (χ0n) is 6.94. The molecule has 0 atom stereocenters. The molecule has 4 heteroatoms. The molecule has 0 unspecified atom stereocenters. The van der Waals surface area contributed by atoms with E-state index >= 15 is 0 Å². The van der Waals surface area contributed by atoms with Gasteiger partial charge in [-0.25, -0.2) is 0 Å². The highest BCUT2D eigenvalue weighted by Gasteiger charge is 2.10. The van der Waals surface area contributed by atoms with Gasteiger partial charge in [0.1, 0.15) is 0 Å². The Morgan fingerprint density at radius 3 is 2.38 bits per heavy atom. The zero-order valence-corrected chi connectivity index (χ0v) is 10.9. The second kappa shape index (κ2) is 4.78. The summed E-state index contributed by atoms with van der Waals surface area (Å²) >= 11 is 7.01. The van der Waals surface area contributed by atoms with Crippen LogP contribution in [0.2, 0.25) is 0 Å². The maximum absolute atomic E-state index is 3.51. The first-order valence-electron chi connectivity index (χ1n) is 3.95. The summed E-state index contributed by atoms with van der Waals surface area (Å²) in [5.41, 5.74) is 2.88. The fraction of sp³-hybridized carbons (Fsp3) is 0.333. The quantitative estimate of drug-likeness (QED) is 0.771. The number of hydrogen-bond acceptors (Lipinski definition) is 1. The Balaban J connectivity index is 0.000000845. The van der Waals surface area contributed by atoms with Crippen molar-refractivity contribution >= 4 is 44.3 Å². The normalized spacial score (nSPS) is 14.6. The second-order valence-electron chi connectivity index (χ2n) is 2.96. The average molecular weight is 327 g/mol. The first-order chi connectivity index (χ1) is 5.77. The molecule has 0 bridgehead atoms. The molecule has 0 radical (unpaired) electrons. The Bertz CT molecular complexity index is 284. The van der Waals surface area contributed by atoms with Gasteiger partial charge in [-0.05, 0) is 68.1 Å². The summed E-state index contributed by atoms with van der Waals surface area (Å²) in [6.07, 6.45) is 1.14. The predicted octanol–water partition coefficient (Wildman–Crippen LogP) is 3.28. The molecular weight excluding hydrogens is 317 g/mol. The van der Waals surface area contributed by atoms with Crippen LogP contribution in [-0.4, -0.2) is 6.54 Å². The summed E-state index contributed by atoms with van der Waals surface area (Å²) in [5, 5.41) is 3.35. The van der Waals surface area contributed by atoms with Crippen LogP contribution in [0.1, 0.15) is 11.1 Å². The van der Waals surface area contributed by atoms with Crippen molar-refractivity contribution in [2.75, 3.05) is 6.54 Å². The van der Waals surface area contributed by atoms with Crippen LogP contribution in [0, 0.1) is 0 Å². The van der Waals surface area contributed by atoms with E-state index in [1.165, 1.54) is 11.1 Å². The smallest absolute Gasteiger partial charge is 0.0320 e. The van der Waals surface area contributed by atoms with Crippen LogP contribution in [0.15, 0.2) is 21.1 Å². The van der Waals surface area contributed by atoms with E-state index < -0.39 is 0 Å². The maximum atomic E-state index is 3.51. The third-order valence-electron chi connectivity index (χ3n) is 2.13. The summed E-state index contributed by atoms with van der Waals surface area (Å²) in [6, 6.07) is 4.39. The second-order valence-corrected chi connectivity index (χ2v) is 4.67. The summed E-state index contributed by atoms with van der Waals surface area (Å²) < 4.78 is 2.30. The van der Waals surface area contributed by atoms with Gasteiger partial charge < -0.3 is 5.32 Å². The van der Waals surface area contributed by atoms with E-state index in [4.69, 9.17) is 0 Å². The highest BCUT2D eigenvalue weighted by atomic mass is 79.9. The number of nitrogens with one attached hydrogen (secondary N) is 1. The van der Waals surface area contributed by atoms with E-state index in [0.717, 1.165) is 28.5 Å². The lowest BCUT2D eigenvalue weighted by Gasteiger charge is -2.17. The van der Waals surface area contributed by atoms with E-state index in [0.29, 0.717) is 0 Å². The highest BCUT2D eigenvalue weighted by molar-refractivity contribution is 9.13. The van der Waals surface area contributed by atoms with Crippen LogP contribution in [0.5, 0.6) is 0 Å². The summed E-state index contributed by atoms with van der Waals surface area (Å²) in [7, 11) is 0. The summed E-state index contributed by atoms with van der Waals surface area (Å²) in [5.74, 6) is 0. The van der Waals surface area contributed by atoms with Crippen molar-refractivity contribution in [2.24, 2.45) is 0 Å². The molecule has 1 aromatic carbocycles. The maximum Gasteiger partial charge on any atom is 0.0320 e. The molecule has 13 heavy (non-hydrogen) atoms. The topological polar surface area (TPSA) is 12.0 Å². The molecule has 1 heterocycles. The van der Waals surface area contributed by atoms with Gasteiger partial charge in [0, 0.05) is 15.5 Å². The molecule has 1 aromatic rings. The molecule has 0 aromatic heterocycles. The number of hydrogen-bond donors (Lipinski definition) is 1. The van der Waals surface area contributed by atoms with Crippen LogP contribution >= 0.6 is 44.3 Å². The van der Waals surface area contributed by atoms with Crippen molar-refractivity contribution in [3.8, 4) is 0 Å². The van der Waals surface area contributed by atoms with Crippen LogP contribution in [0.4, 0.5) is 0 Å². The molecule has 72 valence electrons. The number of rotatable bonds is 0. The highest BCUT2D eigenvalue weighted by Crippen LogP contribution is 2.28. The van der Waals surface area contributed by atoms with Crippen LogP contribution < -0.4 is 5.32 Å². The Labute approximate surface area is 101 Å². The van der Waals surface area contributed by atoms with E-state index in [1.807, 2.05) is 0 Å². The summed E-state index contributed by atoms with van der Waals surface area (Å²) in [4.78, 5) is 0. The number of benzene rings is 1. The van der Waals surface area contributed by atoms with Gasteiger partial charge in [-0.2, -0.15) is 0 Å². The molecule has 0 spiro atoms. The van der Waals surface area contributed by atoms with Crippen LogP contribution in [-0.2, 0) is 13.0 Å². The molecule has 1 aliphatic rings. The van der Waals surface area contributed by atoms with E-state index in [2.05, 4.69) is 49.3 Å². The van der Waals surface area contributed by atoms with Gasteiger partial charge in [-0.1, -0.05) is 0 Å². The molecule has 2 rings (SSSR count). The molecule has 1 nitrogen and oxygen atoms in total. The average Bonchev–Trinajstić information content (AvgIpc) is 2.07. The Kier molecular flexibility index (Phi) is 4.23. The van der Waals surface area contributed by atoms with Crippen molar-refractivity contribution in [2.45, 2.75) is 13.0 Å². The van der Waals surface area contributed by atoms with E-state index in [1.54, 1.807) is 0 Å². The molecule has 0 saturated heterocycles. The van der Waals surface area contributed by atoms with Gasteiger partial charge >= 0.3 is 0 Å². The molecule has 0 fully saturated rings. The van der Waals surface area contributed by atoms with Crippen molar-refractivity contribution in [1.82, 2.24) is 5.32 Å². The van der Waals surface area contributed by atoms with Crippen molar-refractivity contribution in [1.29, 1.82) is 0 Å². The summed E-state index contributed by atoms with van der Waals surface area (Å²) in [6.45, 7) is 2.10. The molecular formula is C9H10Br2ClN. The number of fused-ring (bicyclic) bond motifs is 1. The monoisotopic (exact) mass is 325 g/mol. The van der Waals surface area contributed by atoms with Crippen molar-refractivity contribution in [3.05, 3.63) is 32.2 Å². The first-order valence-corrected chi connectivity index (χ1v) is 5.53. The fourth-order valence-corrected chi connectivity index (χ4v) is 2.25. The van der Waals surface area contributed by atoms with Crippen molar-refractivity contribution in [3.63, 3.8) is 0 Å². The minimum atomic E-state index is 0. The lowest BCUT2D eigenvalue weighted by atomic mass is 10.0. The number of halogens is 3. The predicted molar refractivity (Wildman–Crippen MR) is 64.5 cm³/mol. The lowest BCUT2D eigenvalue weighted by Crippen LogP contribution is -2.23. The Morgan fingerprint density at radius 2 is 1.69 bits per heavy atom. The molecule has 0 amide bonds. The first kappa shape index (κ1) is 11.5. The van der Waals surface area contributed by atoms with Crippen LogP contribution in [0.25, 0.3) is 0 Å². The Morgan fingerprint density at radius 1 is 1.08 bits per heavy atom. The SMILES string of the molecule is Brc1cc2c(cc1Br)CNCC2.Cl. The minimum Gasteiger partial charge on any atom is -0.312 e. The molecule has 0 saturated carbocycles. The fourth-order valence-electron chi connectivity index (χ4n) is 1.47. The molecule has 1 N–H and O–H groups in total. The third-order valence-corrected chi connectivity index (χ3v) is 3.97. The largest absolute Gasteiger partial charge is 0.312 e. The minimum absolute atomic E-state index is 0. The Hall–Kier alpha value is 0.430. The van der Waals surface area contributed by atoms with Gasteiger partial charge in [0.05, 0.1) is 0 Å².